The van der Waals surface area contributed by atoms with Crippen molar-refractivity contribution in [1.29, 1.82) is 0 Å². The van der Waals surface area contributed by atoms with Gasteiger partial charge in [0.05, 0.1) is 28.5 Å². The highest BCUT2D eigenvalue weighted by atomic mass is 32.2. The van der Waals surface area contributed by atoms with Crippen LogP contribution in [0.4, 0.5) is 0 Å². The van der Waals surface area contributed by atoms with Crippen molar-refractivity contribution in [1.82, 2.24) is 9.55 Å². The summed E-state index contributed by atoms with van der Waals surface area (Å²) in [5.74, 6) is 0.106. The first kappa shape index (κ1) is 12.6. The summed E-state index contributed by atoms with van der Waals surface area (Å²) >= 11 is 5.19. The molecule has 2 aromatic rings. The van der Waals surface area contributed by atoms with Gasteiger partial charge < -0.3 is 4.98 Å². The molecule has 1 aliphatic rings. The molecule has 1 aliphatic heterocycles. The van der Waals surface area contributed by atoms with Crippen molar-refractivity contribution in [2.45, 2.75) is 12.5 Å². The zero-order valence-corrected chi connectivity index (χ0v) is 11.6. The number of benzene rings is 1. The Balaban J connectivity index is 2.25. The molecule has 1 atom stereocenters. The van der Waals surface area contributed by atoms with Crippen molar-refractivity contribution in [3.8, 4) is 0 Å². The number of hydrogen-bond donors (Lipinski definition) is 1. The second-order valence-corrected chi connectivity index (χ2v) is 7.32. The first-order chi connectivity index (χ1) is 8.98. The first-order valence-electron chi connectivity index (χ1n) is 5.92. The molecule has 1 N–H and O–H groups in total. The molecule has 5 nitrogen and oxygen atoms in total. The van der Waals surface area contributed by atoms with Crippen LogP contribution in [0.2, 0.25) is 0 Å². The number of H-pyrrole nitrogens is 1. The lowest BCUT2D eigenvalue weighted by Gasteiger charge is -2.13. The molecule has 0 saturated carbocycles. The van der Waals surface area contributed by atoms with Gasteiger partial charge in [0.2, 0.25) is 0 Å². The van der Waals surface area contributed by atoms with Gasteiger partial charge in [0, 0.05) is 0 Å². The van der Waals surface area contributed by atoms with E-state index in [4.69, 9.17) is 12.2 Å². The number of aromatic amines is 1. The SMILES string of the molecule is O=c1c2ccccc2[nH]c(=S)n1C1CCS(=O)(=O)C1. The molecule has 19 heavy (non-hydrogen) atoms. The summed E-state index contributed by atoms with van der Waals surface area (Å²) in [6.07, 6.45) is 0.443. The average molecular weight is 296 g/mol. The lowest BCUT2D eigenvalue weighted by molar-refractivity contribution is 0.527. The summed E-state index contributed by atoms with van der Waals surface area (Å²) in [6.45, 7) is 0. The molecule has 2 heterocycles. The van der Waals surface area contributed by atoms with E-state index in [-0.39, 0.29) is 27.9 Å². The minimum atomic E-state index is -3.05. The number of aromatic nitrogens is 2. The Labute approximate surface area is 114 Å². The summed E-state index contributed by atoms with van der Waals surface area (Å²) in [5, 5.41) is 0.528. The second-order valence-electron chi connectivity index (χ2n) is 4.71. The van der Waals surface area contributed by atoms with Gasteiger partial charge in [-0.1, -0.05) is 12.1 Å². The molecular weight excluding hydrogens is 284 g/mol. The Kier molecular flexibility index (Phi) is 2.83. The fraction of sp³-hybridized carbons (Fsp3) is 0.333. The maximum Gasteiger partial charge on any atom is 0.262 e. The first-order valence-corrected chi connectivity index (χ1v) is 8.15. The summed E-state index contributed by atoms with van der Waals surface area (Å²) in [7, 11) is -3.05. The van der Waals surface area contributed by atoms with E-state index in [2.05, 4.69) is 4.98 Å². The summed E-state index contributed by atoms with van der Waals surface area (Å²) in [5.41, 5.74) is 0.455. The van der Waals surface area contributed by atoms with Gasteiger partial charge in [0.25, 0.3) is 5.56 Å². The molecule has 7 heteroatoms. The van der Waals surface area contributed by atoms with Gasteiger partial charge in [-0.15, -0.1) is 0 Å². The van der Waals surface area contributed by atoms with Crippen LogP contribution in [-0.2, 0) is 9.84 Å². The van der Waals surface area contributed by atoms with E-state index >= 15 is 0 Å². The van der Waals surface area contributed by atoms with Gasteiger partial charge in [-0.3, -0.25) is 9.36 Å². The minimum Gasteiger partial charge on any atom is -0.332 e. The van der Waals surface area contributed by atoms with E-state index < -0.39 is 9.84 Å². The van der Waals surface area contributed by atoms with Crippen LogP contribution < -0.4 is 5.56 Å². The van der Waals surface area contributed by atoms with Crippen LogP contribution in [0.15, 0.2) is 29.1 Å². The molecule has 0 spiro atoms. The van der Waals surface area contributed by atoms with Crippen LogP contribution in [0.25, 0.3) is 10.9 Å². The van der Waals surface area contributed by atoms with E-state index in [1.807, 2.05) is 6.07 Å². The van der Waals surface area contributed by atoms with Gasteiger partial charge in [-0.05, 0) is 30.8 Å². The number of hydrogen-bond acceptors (Lipinski definition) is 4. The zero-order valence-electron chi connectivity index (χ0n) is 10.00. The van der Waals surface area contributed by atoms with E-state index in [0.29, 0.717) is 17.3 Å². The van der Waals surface area contributed by atoms with Crippen molar-refractivity contribution < 1.29 is 8.42 Å². The molecule has 1 unspecified atom stereocenters. The maximum absolute atomic E-state index is 12.4. The molecule has 1 aromatic heterocycles. The third-order valence-electron chi connectivity index (χ3n) is 3.41. The zero-order chi connectivity index (χ0) is 13.6. The highest BCUT2D eigenvalue weighted by Gasteiger charge is 2.30. The fourth-order valence-electron chi connectivity index (χ4n) is 2.49. The lowest BCUT2D eigenvalue weighted by Crippen LogP contribution is -2.27. The number of sulfone groups is 1. The van der Waals surface area contributed by atoms with Crippen LogP contribution in [0.3, 0.4) is 0 Å². The van der Waals surface area contributed by atoms with Gasteiger partial charge in [0.1, 0.15) is 0 Å². The standard InChI is InChI=1S/C12H12N2O3S2/c15-11-9-3-1-2-4-10(9)13-12(18)14(11)8-5-6-19(16,17)7-8/h1-4,8H,5-7H2,(H,13,18). The Morgan fingerprint density at radius 3 is 2.74 bits per heavy atom. The van der Waals surface area contributed by atoms with Crippen molar-refractivity contribution in [2.75, 3.05) is 11.5 Å². The predicted molar refractivity (Wildman–Crippen MR) is 75.7 cm³/mol. The number of rotatable bonds is 1. The van der Waals surface area contributed by atoms with E-state index in [0.717, 1.165) is 0 Å². The van der Waals surface area contributed by atoms with Crippen molar-refractivity contribution in [2.24, 2.45) is 0 Å². The lowest BCUT2D eigenvalue weighted by atomic mass is 10.2. The monoisotopic (exact) mass is 296 g/mol. The normalized spacial score (nSPS) is 21.8. The molecule has 1 aromatic carbocycles. The minimum absolute atomic E-state index is 0.0112. The maximum atomic E-state index is 12.4. The molecule has 100 valence electrons. The van der Waals surface area contributed by atoms with Crippen LogP contribution in [-0.4, -0.2) is 29.5 Å². The fourth-order valence-corrected chi connectivity index (χ4v) is 4.53. The smallest absolute Gasteiger partial charge is 0.262 e. The predicted octanol–water partition coefficient (Wildman–Crippen LogP) is 1.42. The highest BCUT2D eigenvalue weighted by molar-refractivity contribution is 7.91. The summed E-state index contributed by atoms with van der Waals surface area (Å²) in [4.78, 5) is 15.4. The van der Waals surface area contributed by atoms with Gasteiger partial charge in [0.15, 0.2) is 14.6 Å². The quantitative estimate of drug-likeness (QED) is 0.808. The molecule has 0 bridgehead atoms. The van der Waals surface area contributed by atoms with Gasteiger partial charge in [-0.25, -0.2) is 8.42 Å². The van der Waals surface area contributed by atoms with E-state index in [9.17, 15) is 13.2 Å². The van der Waals surface area contributed by atoms with Crippen molar-refractivity contribution in [3.05, 3.63) is 39.4 Å². The Morgan fingerprint density at radius 2 is 2.05 bits per heavy atom. The largest absolute Gasteiger partial charge is 0.332 e. The number of para-hydroxylation sites is 1. The molecule has 0 radical (unpaired) electrons. The van der Waals surface area contributed by atoms with Gasteiger partial charge >= 0.3 is 0 Å². The van der Waals surface area contributed by atoms with Crippen LogP contribution in [0.5, 0.6) is 0 Å². The van der Waals surface area contributed by atoms with Crippen LogP contribution >= 0.6 is 12.2 Å². The Bertz CT molecular complexity index is 864. The number of nitrogens with zero attached hydrogens (tertiary/aromatic N) is 1. The molecule has 0 amide bonds. The van der Waals surface area contributed by atoms with Crippen LogP contribution in [0, 0.1) is 4.77 Å². The third kappa shape index (κ3) is 2.12. The van der Waals surface area contributed by atoms with Crippen LogP contribution in [0.1, 0.15) is 12.5 Å². The molecular formula is C12H12N2O3S2. The second kappa shape index (κ2) is 4.28. The van der Waals surface area contributed by atoms with Crippen molar-refractivity contribution in [3.63, 3.8) is 0 Å². The number of fused-ring (bicyclic) bond motifs is 1. The Morgan fingerprint density at radius 1 is 1.32 bits per heavy atom. The topological polar surface area (TPSA) is 71.9 Å². The molecule has 1 saturated heterocycles. The van der Waals surface area contributed by atoms with Gasteiger partial charge in [-0.2, -0.15) is 0 Å². The number of nitrogens with one attached hydrogen (secondary N) is 1. The Hall–Kier alpha value is -1.47. The van der Waals surface area contributed by atoms with Crippen molar-refractivity contribution >= 4 is 33.0 Å². The summed E-state index contributed by atoms with van der Waals surface area (Å²) in [6, 6.07) is 6.73. The molecule has 3 rings (SSSR count). The average Bonchev–Trinajstić information content (AvgIpc) is 2.69. The molecule has 1 fully saturated rings. The van der Waals surface area contributed by atoms with E-state index in [1.165, 1.54) is 4.57 Å². The highest BCUT2D eigenvalue weighted by Crippen LogP contribution is 2.23. The van der Waals surface area contributed by atoms with E-state index in [1.54, 1.807) is 18.2 Å². The molecule has 0 aliphatic carbocycles. The summed E-state index contributed by atoms with van der Waals surface area (Å²) < 4.78 is 24.8. The third-order valence-corrected chi connectivity index (χ3v) is 5.46.